The zero-order chi connectivity index (χ0) is 7.94. The van der Waals surface area contributed by atoms with Crippen LogP contribution < -0.4 is 16.6 Å². The summed E-state index contributed by atoms with van der Waals surface area (Å²) in [6.07, 6.45) is 1.15. The number of rotatable bonds is 4. The van der Waals surface area contributed by atoms with Crippen LogP contribution in [0.5, 0.6) is 0 Å². The highest BCUT2D eigenvalue weighted by Crippen LogP contribution is 1.92. The molecule has 0 spiro atoms. The number of hydrazine groups is 1. The minimum atomic E-state index is 0.921. The highest BCUT2D eigenvalue weighted by molar-refractivity contribution is 4.67. The molecule has 0 unspecified atom stereocenters. The van der Waals surface area contributed by atoms with Gasteiger partial charge >= 0.3 is 0 Å². The zero-order valence-electron chi connectivity index (χ0n) is 6.97. The van der Waals surface area contributed by atoms with E-state index in [4.69, 9.17) is 5.84 Å². The van der Waals surface area contributed by atoms with Crippen molar-refractivity contribution in [3.63, 3.8) is 0 Å². The van der Waals surface area contributed by atoms with Crippen LogP contribution in [0.15, 0.2) is 0 Å². The van der Waals surface area contributed by atoms with Crippen LogP contribution in [0.1, 0.15) is 6.42 Å². The van der Waals surface area contributed by atoms with Gasteiger partial charge in [-0.3, -0.25) is 11.3 Å². The van der Waals surface area contributed by atoms with E-state index < -0.39 is 0 Å². The molecule has 4 nitrogen and oxygen atoms in total. The van der Waals surface area contributed by atoms with Gasteiger partial charge in [0.1, 0.15) is 0 Å². The Labute approximate surface area is 68.1 Å². The van der Waals surface area contributed by atoms with Gasteiger partial charge in [-0.15, -0.1) is 0 Å². The summed E-state index contributed by atoms with van der Waals surface area (Å²) in [7, 11) is 0. The Kier molecular flexibility index (Phi) is 4.45. The predicted octanol–water partition coefficient (Wildman–Crippen LogP) is -1.25. The molecule has 0 aromatic rings. The number of nitrogens with one attached hydrogen (secondary N) is 2. The summed E-state index contributed by atoms with van der Waals surface area (Å²) < 4.78 is 0. The number of nitrogens with zero attached hydrogens (tertiary/aromatic N) is 1. The summed E-state index contributed by atoms with van der Waals surface area (Å²) in [5.41, 5.74) is 2.66. The molecule has 1 rings (SSSR count). The minimum Gasteiger partial charge on any atom is -0.314 e. The Hall–Kier alpha value is -0.160. The summed E-state index contributed by atoms with van der Waals surface area (Å²) >= 11 is 0. The van der Waals surface area contributed by atoms with E-state index in [0.29, 0.717) is 0 Å². The van der Waals surface area contributed by atoms with Crippen molar-refractivity contribution >= 4 is 0 Å². The van der Waals surface area contributed by atoms with Crippen molar-refractivity contribution in [2.45, 2.75) is 6.42 Å². The molecule has 1 saturated heterocycles. The molecule has 1 heterocycles. The average Bonchev–Trinajstić information content (AvgIpc) is 2.07. The van der Waals surface area contributed by atoms with Crippen molar-refractivity contribution in [3.8, 4) is 0 Å². The van der Waals surface area contributed by atoms with E-state index in [2.05, 4.69) is 15.6 Å². The van der Waals surface area contributed by atoms with Crippen LogP contribution in [-0.4, -0.2) is 44.2 Å². The standard InChI is InChI=1S/C7H18N4/c8-10-2-1-5-11-6-3-9-4-7-11/h9-10H,1-8H2. The van der Waals surface area contributed by atoms with Crippen molar-refractivity contribution in [2.24, 2.45) is 5.84 Å². The Morgan fingerprint density at radius 1 is 1.36 bits per heavy atom. The molecule has 1 aliphatic heterocycles. The lowest BCUT2D eigenvalue weighted by Gasteiger charge is -2.26. The van der Waals surface area contributed by atoms with Crippen LogP contribution in [0.3, 0.4) is 0 Å². The minimum absolute atomic E-state index is 0.921. The van der Waals surface area contributed by atoms with E-state index in [1.807, 2.05) is 0 Å². The van der Waals surface area contributed by atoms with Gasteiger partial charge in [-0.2, -0.15) is 0 Å². The molecule has 0 bridgehead atoms. The van der Waals surface area contributed by atoms with E-state index in [1.54, 1.807) is 0 Å². The SMILES string of the molecule is NNCCCN1CCNCC1. The fourth-order valence-electron chi connectivity index (χ4n) is 1.34. The third-order valence-electron chi connectivity index (χ3n) is 2.01. The van der Waals surface area contributed by atoms with Crippen molar-refractivity contribution < 1.29 is 0 Å². The summed E-state index contributed by atoms with van der Waals surface area (Å²) in [5, 5.41) is 3.32. The maximum Gasteiger partial charge on any atom is 0.0110 e. The monoisotopic (exact) mass is 158 g/mol. The van der Waals surface area contributed by atoms with Gasteiger partial charge in [0, 0.05) is 32.7 Å². The van der Waals surface area contributed by atoms with E-state index in [0.717, 1.165) is 26.1 Å². The molecule has 0 aliphatic carbocycles. The number of hydrogen-bond acceptors (Lipinski definition) is 4. The van der Waals surface area contributed by atoms with Crippen molar-refractivity contribution in [3.05, 3.63) is 0 Å². The van der Waals surface area contributed by atoms with Crippen LogP contribution in [0, 0.1) is 0 Å². The van der Waals surface area contributed by atoms with E-state index in [-0.39, 0.29) is 0 Å². The Morgan fingerprint density at radius 3 is 2.73 bits per heavy atom. The van der Waals surface area contributed by atoms with Crippen LogP contribution >= 0.6 is 0 Å². The second-order valence-electron chi connectivity index (χ2n) is 2.90. The van der Waals surface area contributed by atoms with Gasteiger partial charge < -0.3 is 10.2 Å². The van der Waals surface area contributed by atoms with E-state index in [9.17, 15) is 0 Å². The number of hydrogen-bond donors (Lipinski definition) is 3. The fraction of sp³-hybridized carbons (Fsp3) is 1.00. The number of piperazine rings is 1. The summed E-state index contributed by atoms with van der Waals surface area (Å²) in [5.74, 6) is 5.16. The molecule has 0 radical (unpaired) electrons. The topological polar surface area (TPSA) is 53.3 Å². The zero-order valence-corrected chi connectivity index (χ0v) is 6.97. The Morgan fingerprint density at radius 2 is 2.09 bits per heavy atom. The molecule has 4 N–H and O–H groups in total. The van der Waals surface area contributed by atoms with E-state index >= 15 is 0 Å². The molecule has 4 heteroatoms. The van der Waals surface area contributed by atoms with Gasteiger partial charge in [-0.05, 0) is 13.0 Å². The first-order valence-electron chi connectivity index (χ1n) is 4.30. The maximum absolute atomic E-state index is 5.16. The predicted molar refractivity (Wildman–Crippen MR) is 46.1 cm³/mol. The van der Waals surface area contributed by atoms with Gasteiger partial charge in [0.15, 0.2) is 0 Å². The third kappa shape index (κ3) is 3.67. The molecule has 0 saturated carbocycles. The van der Waals surface area contributed by atoms with Gasteiger partial charge in [0.25, 0.3) is 0 Å². The second kappa shape index (κ2) is 5.49. The van der Waals surface area contributed by atoms with Crippen LogP contribution in [0.25, 0.3) is 0 Å². The normalized spacial score (nSPS) is 20.5. The average molecular weight is 158 g/mol. The quantitative estimate of drug-likeness (QED) is 0.272. The van der Waals surface area contributed by atoms with Gasteiger partial charge in [-0.1, -0.05) is 0 Å². The van der Waals surface area contributed by atoms with Gasteiger partial charge in [0.05, 0.1) is 0 Å². The fourth-order valence-corrected chi connectivity index (χ4v) is 1.34. The second-order valence-corrected chi connectivity index (χ2v) is 2.90. The Balaban J connectivity index is 1.96. The lowest BCUT2D eigenvalue weighted by molar-refractivity contribution is 0.238. The molecule has 11 heavy (non-hydrogen) atoms. The van der Waals surface area contributed by atoms with Crippen LogP contribution in [0.2, 0.25) is 0 Å². The third-order valence-corrected chi connectivity index (χ3v) is 2.01. The molecular formula is C7H18N4. The molecule has 0 aromatic heterocycles. The van der Waals surface area contributed by atoms with E-state index in [1.165, 1.54) is 19.6 Å². The molecule has 0 aromatic carbocycles. The Bertz CT molecular complexity index is 90.4. The first kappa shape index (κ1) is 8.93. The summed E-state index contributed by atoms with van der Waals surface area (Å²) in [6.45, 7) is 6.73. The maximum atomic E-state index is 5.16. The summed E-state index contributed by atoms with van der Waals surface area (Å²) in [6, 6.07) is 0. The molecule has 66 valence electrons. The van der Waals surface area contributed by atoms with Crippen molar-refractivity contribution in [2.75, 3.05) is 39.3 Å². The highest BCUT2D eigenvalue weighted by Gasteiger charge is 2.07. The van der Waals surface area contributed by atoms with Crippen LogP contribution in [0.4, 0.5) is 0 Å². The number of nitrogens with two attached hydrogens (primary N) is 1. The first-order valence-corrected chi connectivity index (χ1v) is 4.30. The molecule has 1 aliphatic rings. The molecule has 0 amide bonds. The highest BCUT2D eigenvalue weighted by atomic mass is 15.2. The van der Waals surface area contributed by atoms with Crippen LogP contribution in [-0.2, 0) is 0 Å². The molecule has 1 fully saturated rings. The molecular weight excluding hydrogens is 140 g/mol. The largest absolute Gasteiger partial charge is 0.314 e. The lowest BCUT2D eigenvalue weighted by Crippen LogP contribution is -2.44. The summed E-state index contributed by atoms with van der Waals surface area (Å²) in [4.78, 5) is 2.47. The van der Waals surface area contributed by atoms with Crippen molar-refractivity contribution in [1.29, 1.82) is 0 Å². The smallest absolute Gasteiger partial charge is 0.0110 e. The van der Waals surface area contributed by atoms with Gasteiger partial charge in [0.2, 0.25) is 0 Å². The van der Waals surface area contributed by atoms with Crippen molar-refractivity contribution in [1.82, 2.24) is 15.6 Å². The first-order chi connectivity index (χ1) is 5.43. The lowest BCUT2D eigenvalue weighted by atomic mass is 10.3. The molecule has 0 atom stereocenters. The van der Waals surface area contributed by atoms with Gasteiger partial charge in [-0.25, -0.2) is 0 Å².